The number of hydrogen-bond donors (Lipinski definition) is 3. The molecule has 0 aromatic heterocycles. The van der Waals surface area contributed by atoms with Gasteiger partial charge in [0.05, 0.1) is 0 Å². The summed E-state index contributed by atoms with van der Waals surface area (Å²) in [5.41, 5.74) is 6.08. The van der Waals surface area contributed by atoms with Gasteiger partial charge < -0.3 is 20.9 Å². The molecule has 4 N–H and O–H groups in total. The number of phenols is 1. The van der Waals surface area contributed by atoms with Crippen molar-refractivity contribution in [1.29, 1.82) is 0 Å². The van der Waals surface area contributed by atoms with Gasteiger partial charge in [0.1, 0.15) is 11.8 Å². The van der Waals surface area contributed by atoms with E-state index < -0.39 is 18.1 Å². The Kier molecular flexibility index (Phi) is 4.47. The number of alkyl carbamates (subject to hydrolysis) is 1. The molecule has 0 saturated heterocycles. The van der Waals surface area contributed by atoms with Crippen molar-refractivity contribution >= 4 is 12.1 Å². The molecule has 0 bridgehead atoms. The molecule has 0 radical (unpaired) electrons. The highest BCUT2D eigenvalue weighted by Gasteiger charge is 2.19. The third kappa shape index (κ3) is 3.76. The largest absolute Gasteiger partial charge is 0.508 e. The quantitative estimate of drug-likeness (QED) is 0.513. The van der Waals surface area contributed by atoms with Crippen molar-refractivity contribution in [2.24, 2.45) is 5.73 Å². The average molecular weight is 238 g/mol. The van der Waals surface area contributed by atoms with E-state index in [4.69, 9.17) is 5.73 Å². The number of hydrogen-bond acceptors (Lipinski definition) is 5. The summed E-state index contributed by atoms with van der Waals surface area (Å²) in [6.45, 7) is 0. The van der Waals surface area contributed by atoms with Gasteiger partial charge in [-0.1, -0.05) is 18.2 Å². The number of benzene rings is 1. The number of para-hydroxylation sites is 1. The van der Waals surface area contributed by atoms with Crippen LogP contribution in [0.4, 0.5) is 4.79 Å². The monoisotopic (exact) mass is 238 g/mol. The molecular formula is C11H14N2O4. The SMILES string of the molecule is CNC(=O)OC(=O)C(N)Cc1ccccc1O. The van der Waals surface area contributed by atoms with Gasteiger partial charge in [-0.2, -0.15) is 0 Å². The maximum absolute atomic E-state index is 11.3. The fourth-order valence-corrected chi connectivity index (χ4v) is 1.22. The number of nitrogens with one attached hydrogen (secondary N) is 1. The van der Waals surface area contributed by atoms with Crippen LogP contribution < -0.4 is 11.1 Å². The molecule has 0 aliphatic carbocycles. The number of esters is 1. The molecule has 1 aromatic carbocycles. The lowest BCUT2D eigenvalue weighted by Crippen LogP contribution is -2.37. The Labute approximate surface area is 98.4 Å². The number of ether oxygens (including phenoxy) is 1. The van der Waals surface area contributed by atoms with Crippen molar-refractivity contribution in [3.05, 3.63) is 29.8 Å². The van der Waals surface area contributed by atoms with Gasteiger partial charge in [0, 0.05) is 13.5 Å². The Bertz CT molecular complexity index is 420. The van der Waals surface area contributed by atoms with Crippen LogP contribution in [0.3, 0.4) is 0 Å². The lowest BCUT2D eigenvalue weighted by atomic mass is 10.1. The molecule has 1 atom stereocenters. The standard InChI is InChI=1S/C11H14N2O4/c1-13-11(16)17-10(15)8(12)6-7-4-2-3-5-9(7)14/h2-5,8,14H,6,12H2,1H3,(H,13,16). The van der Waals surface area contributed by atoms with E-state index in [1.54, 1.807) is 18.2 Å². The fourth-order valence-electron chi connectivity index (χ4n) is 1.22. The first-order valence-electron chi connectivity index (χ1n) is 5.00. The molecule has 92 valence electrons. The minimum Gasteiger partial charge on any atom is -0.508 e. The van der Waals surface area contributed by atoms with E-state index in [9.17, 15) is 14.7 Å². The minimum atomic E-state index is -0.999. The Balaban J connectivity index is 2.60. The molecule has 0 heterocycles. The van der Waals surface area contributed by atoms with Crippen LogP contribution in [-0.2, 0) is 16.0 Å². The van der Waals surface area contributed by atoms with E-state index in [0.717, 1.165) is 0 Å². The van der Waals surface area contributed by atoms with Crippen LogP contribution >= 0.6 is 0 Å². The summed E-state index contributed by atoms with van der Waals surface area (Å²) in [6.07, 6.45) is -0.759. The van der Waals surface area contributed by atoms with Gasteiger partial charge in [-0.25, -0.2) is 9.59 Å². The highest BCUT2D eigenvalue weighted by Crippen LogP contribution is 2.17. The third-order valence-corrected chi connectivity index (χ3v) is 2.13. The summed E-state index contributed by atoms with van der Waals surface area (Å²) in [7, 11) is 1.34. The molecule has 17 heavy (non-hydrogen) atoms. The highest BCUT2D eigenvalue weighted by molar-refractivity contribution is 5.87. The first-order chi connectivity index (χ1) is 8.04. The van der Waals surface area contributed by atoms with Gasteiger partial charge in [0.25, 0.3) is 0 Å². The van der Waals surface area contributed by atoms with E-state index in [-0.39, 0.29) is 12.2 Å². The molecule has 0 saturated carbocycles. The van der Waals surface area contributed by atoms with Crippen molar-refractivity contribution in [3.8, 4) is 5.75 Å². The van der Waals surface area contributed by atoms with Crippen LogP contribution in [0.15, 0.2) is 24.3 Å². The second-order valence-electron chi connectivity index (χ2n) is 3.40. The second kappa shape index (κ2) is 5.86. The van der Waals surface area contributed by atoms with Crippen molar-refractivity contribution in [1.82, 2.24) is 5.32 Å². The number of carbonyl (C=O) groups excluding carboxylic acids is 2. The molecule has 1 amide bonds. The number of rotatable bonds is 3. The summed E-state index contributed by atoms with van der Waals surface area (Å²) in [5, 5.41) is 11.6. The van der Waals surface area contributed by atoms with Gasteiger partial charge in [0.2, 0.25) is 0 Å². The Morgan fingerprint density at radius 1 is 1.47 bits per heavy atom. The first kappa shape index (κ1) is 13.0. The van der Waals surface area contributed by atoms with Crippen LogP contribution in [0, 0.1) is 0 Å². The van der Waals surface area contributed by atoms with Crippen molar-refractivity contribution < 1.29 is 19.4 Å². The van der Waals surface area contributed by atoms with Crippen LogP contribution in [0.25, 0.3) is 0 Å². The molecule has 0 aliphatic rings. The molecule has 1 rings (SSSR count). The van der Waals surface area contributed by atoms with Crippen molar-refractivity contribution in [2.45, 2.75) is 12.5 Å². The van der Waals surface area contributed by atoms with Crippen LogP contribution in [0.5, 0.6) is 5.75 Å². The second-order valence-corrected chi connectivity index (χ2v) is 3.40. The summed E-state index contributed by atoms with van der Waals surface area (Å²) in [4.78, 5) is 22.1. The predicted octanol–water partition coefficient (Wildman–Crippen LogP) is 0.145. The van der Waals surface area contributed by atoms with E-state index in [1.807, 2.05) is 0 Å². The lowest BCUT2D eigenvalue weighted by Gasteiger charge is -2.10. The zero-order valence-corrected chi connectivity index (χ0v) is 9.34. The van der Waals surface area contributed by atoms with Crippen LogP contribution in [0.2, 0.25) is 0 Å². The summed E-state index contributed by atoms with van der Waals surface area (Å²) >= 11 is 0. The molecule has 0 aliphatic heterocycles. The zero-order chi connectivity index (χ0) is 12.8. The fraction of sp³-hybridized carbons (Fsp3) is 0.273. The number of carbonyl (C=O) groups is 2. The van der Waals surface area contributed by atoms with Gasteiger partial charge in [-0.05, 0) is 11.6 Å². The highest BCUT2D eigenvalue weighted by atomic mass is 16.6. The lowest BCUT2D eigenvalue weighted by molar-refractivity contribution is -0.138. The van der Waals surface area contributed by atoms with E-state index >= 15 is 0 Å². The zero-order valence-electron chi connectivity index (χ0n) is 9.34. The number of nitrogens with two attached hydrogens (primary N) is 1. The van der Waals surface area contributed by atoms with Gasteiger partial charge in [-0.15, -0.1) is 0 Å². The maximum atomic E-state index is 11.3. The number of amides is 1. The van der Waals surface area contributed by atoms with Gasteiger partial charge in [0.15, 0.2) is 0 Å². The van der Waals surface area contributed by atoms with Gasteiger partial charge in [-0.3, -0.25) is 0 Å². The summed E-state index contributed by atoms with van der Waals surface area (Å²) < 4.78 is 4.38. The topological polar surface area (TPSA) is 102 Å². The number of phenolic OH excluding ortho intramolecular Hbond substituents is 1. The normalized spacial score (nSPS) is 11.6. The van der Waals surface area contributed by atoms with Crippen LogP contribution in [-0.4, -0.2) is 30.3 Å². The van der Waals surface area contributed by atoms with Gasteiger partial charge >= 0.3 is 12.1 Å². The molecule has 0 spiro atoms. The first-order valence-corrected chi connectivity index (χ1v) is 5.00. The molecule has 6 heteroatoms. The average Bonchev–Trinajstić information content (AvgIpc) is 2.31. The third-order valence-electron chi connectivity index (χ3n) is 2.13. The number of aromatic hydroxyl groups is 1. The molecule has 1 aromatic rings. The Morgan fingerprint density at radius 3 is 2.71 bits per heavy atom. The maximum Gasteiger partial charge on any atom is 0.414 e. The van der Waals surface area contributed by atoms with Crippen molar-refractivity contribution in [2.75, 3.05) is 7.05 Å². The summed E-state index contributed by atoms with van der Waals surface area (Å²) in [5.74, 6) is -0.789. The molecule has 0 fully saturated rings. The van der Waals surface area contributed by atoms with Crippen LogP contribution in [0.1, 0.15) is 5.56 Å². The van der Waals surface area contributed by atoms with E-state index in [1.165, 1.54) is 13.1 Å². The molecule has 6 nitrogen and oxygen atoms in total. The molecule has 1 unspecified atom stereocenters. The Hall–Kier alpha value is -2.08. The van der Waals surface area contributed by atoms with E-state index in [0.29, 0.717) is 5.56 Å². The van der Waals surface area contributed by atoms with E-state index in [2.05, 4.69) is 10.1 Å². The van der Waals surface area contributed by atoms with Crippen molar-refractivity contribution in [3.63, 3.8) is 0 Å². The minimum absolute atomic E-state index is 0.0516. The molecular weight excluding hydrogens is 224 g/mol. The Morgan fingerprint density at radius 2 is 2.12 bits per heavy atom. The smallest absolute Gasteiger partial charge is 0.414 e. The summed E-state index contributed by atoms with van der Waals surface area (Å²) in [6, 6.07) is 5.51. The predicted molar refractivity (Wildman–Crippen MR) is 60.3 cm³/mol.